The molecule has 2 N–H and O–H groups in total. The van der Waals surface area contributed by atoms with Gasteiger partial charge in [-0.2, -0.15) is 16.9 Å². The van der Waals surface area contributed by atoms with Crippen molar-refractivity contribution in [3.05, 3.63) is 18.0 Å². The first-order valence-electron chi connectivity index (χ1n) is 7.64. The summed E-state index contributed by atoms with van der Waals surface area (Å²) in [5, 5.41) is 9.90. The van der Waals surface area contributed by atoms with Crippen molar-refractivity contribution >= 4 is 17.8 Å². The van der Waals surface area contributed by atoms with E-state index < -0.39 is 0 Å². The van der Waals surface area contributed by atoms with Gasteiger partial charge in [-0.3, -0.25) is 5.10 Å². The molecule has 1 aromatic heterocycles. The lowest BCUT2D eigenvalue weighted by atomic mass is 9.98. The molecule has 21 heavy (non-hydrogen) atoms. The first-order chi connectivity index (χ1) is 9.97. The van der Waals surface area contributed by atoms with Crippen molar-refractivity contribution in [3.8, 4) is 0 Å². The summed E-state index contributed by atoms with van der Waals surface area (Å²) in [5.41, 5.74) is 1.11. The average Bonchev–Trinajstić information content (AvgIpc) is 2.96. The fraction of sp³-hybridized carbons (Fsp3) is 0.733. The third-order valence-electron chi connectivity index (χ3n) is 3.58. The lowest BCUT2D eigenvalue weighted by Crippen LogP contribution is -2.45. The van der Waals surface area contributed by atoms with Crippen molar-refractivity contribution in [3.63, 3.8) is 0 Å². The second-order valence-electron chi connectivity index (χ2n) is 6.43. The quantitative estimate of drug-likeness (QED) is 0.840. The van der Waals surface area contributed by atoms with E-state index in [1.807, 2.05) is 29.1 Å². The minimum atomic E-state index is 0.0513. The molecule has 0 saturated carbocycles. The second-order valence-corrected chi connectivity index (χ2v) is 8.35. The Morgan fingerprint density at radius 3 is 3.00 bits per heavy atom. The molecule has 1 aromatic rings. The Labute approximate surface area is 131 Å². The van der Waals surface area contributed by atoms with Crippen LogP contribution in [0.2, 0.25) is 0 Å². The molecule has 0 aromatic carbocycles. The van der Waals surface area contributed by atoms with Gasteiger partial charge >= 0.3 is 6.03 Å². The van der Waals surface area contributed by atoms with Gasteiger partial charge in [-0.05, 0) is 19.3 Å². The van der Waals surface area contributed by atoms with Crippen molar-refractivity contribution < 1.29 is 4.79 Å². The van der Waals surface area contributed by atoms with Gasteiger partial charge in [0, 0.05) is 35.3 Å². The van der Waals surface area contributed by atoms with Crippen molar-refractivity contribution in [2.45, 2.75) is 50.8 Å². The molecule has 2 heterocycles. The number of carbonyl (C=O) groups excluding carboxylic acids is 1. The Kier molecular flexibility index (Phi) is 5.56. The summed E-state index contributed by atoms with van der Waals surface area (Å²) in [6.45, 7) is 8.13. The zero-order valence-corrected chi connectivity index (χ0v) is 14.0. The van der Waals surface area contributed by atoms with E-state index in [1.165, 1.54) is 6.42 Å². The van der Waals surface area contributed by atoms with Gasteiger partial charge in [0.2, 0.25) is 0 Å². The van der Waals surface area contributed by atoms with Gasteiger partial charge in [0.05, 0.1) is 12.2 Å². The molecule has 0 bridgehead atoms. The summed E-state index contributed by atoms with van der Waals surface area (Å²) in [5.74, 6) is 0.944. The largest absolute Gasteiger partial charge is 0.337 e. The van der Waals surface area contributed by atoms with E-state index in [4.69, 9.17) is 0 Å². The Morgan fingerprint density at radius 2 is 2.33 bits per heavy atom. The number of carbonyl (C=O) groups is 1. The van der Waals surface area contributed by atoms with E-state index in [-0.39, 0.29) is 16.8 Å². The third-order valence-corrected chi connectivity index (χ3v) is 4.86. The van der Waals surface area contributed by atoms with Gasteiger partial charge in [0.15, 0.2) is 0 Å². The number of hydrogen-bond donors (Lipinski definition) is 2. The standard InChI is InChI=1S/C15H26N4OS/c1-15(2,3)21-9-7-16-14(20)19-8-5-4-6-13(19)12-10-17-18-11-12/h10-11,13H,4-9H2,1-3H3,(H,16,20)(H,17,18). The minimum Gasteiger partial charge on any atom is -0.337 e. The fourth-order valence-electron chi connectivity index (χ4n) is 2.58. The van der Waals surface area contributed by atoms with Crippen LogP contribution >= 0.6 is 11.8 Å². The summed E-state index contributed by atoms with van der Waals surface area (Å²) in [6, 6.07) is 0.211. The summed E-state index contributed by atoms with van der Waals surface area (Å²) in [7, 11) is 0. The monoisotopic (exact) mass is 310 g/mol. The first kappa shape index (κ1) is 16.2. The predicted molar refractivity (Wildman–Crippen MR) is 87.5 cm³/mol. The van der Waals surface area contributed by atoms with Crippen LogP contribution < -0.4 is 5.32 Å². The molecule has 1 fully saturated rings. The van der Waals surface area contributed by atoms with Crippen molar-refractivity contribution in [2.75, 3.05) is 18.8 Å². The second kappa shape index (κ2) is 7.20. The number of hydrogen-bond acceptors (Lipinski definition) is 3. The molecule has 2 amide bonds. The number of urea groups is 1. The zero-order chi connectivity index (χ0) is 15.3. The zero-order valence-electron chi connectivity index (χ0n) is 13.2. The highest BCUT2D eigenvalue weighted by Crippen LogP contribution is 2.30. The summed E-state index contributed by atoms with van der Waals surface area (Å²) >= 11 is 1.87. The summed E-state index contributed by atoms with van der Waals surface area (Å²) in [4.78, 5) is 14.4. The average molecular weight is 310 g/mol. The van der Waals surface area contributed by atoms with Crippen LogP contribution in [0.5, 0.6) is 0 Å². The van der Waals surface area contributed by atoms with E-state index >= 15 is 0 Å². The molecule has 1 aliphatic heterocycles. The van der Waals surface area contributed by atoms with E-state index in [0.717, 1.165) is 37.2 Å². The summed E-state index contributed by atoms with van der Waals surface area (Å²) in [6.07, 6.45) is 6.99. The number of piperidine rings is 1. The van der Waals surface area contributed by atoms with Crippen LogP contribution in [0.4, 0.5) is 4.79 Å². The maximum absolute atomic E-state index is 12.4. The molecule has 6 heteroatoms. The molecule has 0 radical (unpaired) electrons. The van der Waals surface area contributed by atoms with Crippen LogP contribution in [0.3, 0.4) is 0 Å². The number of aromatic nitrogens is 2. The maximum atomic E-state index is 12.4. The molecular weight excluding hydrogens is 284 g/mol. The number of thioether (sulfide) groups is 1. The SMILES string of the molecule is CC(C)(C)SCCNC(=O)N1CCCCC1c1cn[nH]c1. The normalized spacial score (nSPS) is 19.6. The van der Waals surface area contributed by atoms with Crippen molar-refractivity contribution in [1.82, 2.24) is 20.4 Å². The fourth-order valence-corrected chi connectivity index (χ4v) is 3.40. The van der Waals surface area contributed by atoms with Crippen molar-refractivity contribution in [1.29, 1.82) is 0 Å². The van der Waals surface area contributed by atoms with E-state index in [0.29, 0.717) is 0 Å². The number of likely N-dealkylation sites (tertiary alicyclic amines) is 1. The molecule has 0 spiro atoms. The molecule has 1 atom stereocenters. The highest BCUT2D eigenvalue weighted by atomic mass is 32.2. The van der Waals surface area contributed by atoms with Gasteiger partial charge in [0.25, 0.3) is 0 Å². The molecule has 0 aliphatic carbocycles. The number of nitrogens with zero attached hydrogens (tertiary/aromatic N) is 2. The van der Waals surface area contributed by atoms with Gasteiger partial charge in [-0.25, -0.2) is 4.79 Å². The Balaban J connectivity index is 1.85. The molecule has 1 unspecified atom stereocenters. The van der Waals surface area contributed by atoms with Crippen molar-refractivity contribution in [2.24, 2.45) is 0 Å². The topological polar surface area (TPSA) is 61.0 Å². The van der Waals surface area contributed by atoms with Crippen LogP contribution in [0.1, 0.15) is 51.6 Å². The molecule has 2 rings (SSSR count). The Bertz CT molecular complexity index is 441. The number of H-pyrrole nitrogens is 1. The Morgan fingerprint density at radius 1 is 1.52 bits per heavy atom. The first-order valence-corrected chi connectivity index (χ1v) is 8.63. The lowest BCUT2D eigenvalue weighted by molar-refractivity contribution is 0.152. The van der Waals surface area contributed by atoms with Gasteiger partial charge in [-0.1, -0.05) is 20.8 Å². The molecule has 1 saturated heterocycles. The number of aromatic amines is 1. The van der Waals surface area contributed by atoms with E-state index in [9.17, 15) is 4.79 Å². The van der Waals surface area contributed by atoms with Gasteiger partial charge in [-0.15, -0.1) is 0 Å². The van der Waals surface area contributed by atoms with Crippen LogP contribution in [-0.2, 0) is 0 Å². The maximum Gasteiger partial charge on any atom is 0.317 e. The Hall–Kier alpha value is -1.17. The van der Waals surface area contributed by atoms with E-state index in [2.05, 4.69) is 36.3 Å². The minimum absolute atomic E-state index is 0.0513. The van der Waals surface area contributed by atoms with Crippen LogP contribution in [0, 0.1) is 0 Å². The molecule has 118 valence electrons. The number of amides is 2. The number of rotatable bonds is 4. The lowest BCUT2D eigenvalue weighted by Gasteiger charge is -2.35. The predicted octanol–water partition coefficient (Wildman–Crippen LogP) is 3.18. The highest BCUT2D eigenvalue weighted by Gasteiger charge is 2.28. The molecule has 1 aliphatic rings. The highest BCUT2D eigenvalue weighted by molar-refractivity contribution is 8.00. The number of nitrogens with one attached hydrogen (secondary N) is 2. The smallest absolute Gasteiger partial charge is 0.317 e. The van der Waals surface area contributed by atoms with Crippen LogP contribution in [0.25, 0.3) is 0 Å². The molecule has 5 nitrogen and oxygen atoms in total. The third kappa shape index (κ3) is 4.95. The molecular formula is C15H26N4OS. The van der Waals surface area contributed by atoms with Crippen LogP contribution in [-0.4, -0.2) is 44.7 Å². The van der Waals surface area contributed by atoms with Crippen LogP contribution in [0.15, 0.2) is 12.4 Å². The van der Waals surface area contributed by atoms with E-state index in [1.54, 1.807) is 0 Å². The summed E-state index contributed by atoms with van der Waals surface area (Å²) < 4.78 is 0.245. The van der Waals surface area contributed by atoms with Gasteiger partial charge in [0.1, 0.15) is 0 Å². The van der Waals surface area contributed by atoms with Gasteiger partial charge < -0.3 is 10.2 Å².